The van der Waals surface area contributed by atoms with Crippen LogP contribution in [-0.2, 0) is 81.0 Å². The number of nitro benzene ring substituents is 8. The molecule has 12 aromatic rings. The van der Waals surface area contributed by atoms with Crippen LogP contribution in [0.5, 0.6) is 17.2 Å². The van der Waals surface area contributed by atoms with Gasteiger partial charge in [0.2, 0.25) is 5.75 Å². The molecule has 0 N–H and O–H groups in total. The van der Waals surface area contributed by atoms with E-state index < -0.39 is 163 Å². The third kappa shape index (κ3) is 31.8. The molecule has 0 bridgehead atoms. The van der Waals surface area contributed by atoms with Crippen molar-refractivity contribution in [2.24, 2.45) is 0 Å². The fourth-order valence-electron chi connectivity index (χ4n) is 12.5. The Hall–Kier alpha value is -15.9. The molecule has 46 heteroatoms. The predicted octanol–water partition coefficient (Wildman–Crippen LogP) is 20.6. The van der Waals surface area contributed by atoms with Crippen molar-refractivity contribution in [1.29, 1.82) is 0 Å². The first-order valence-electron chi connectivity index (χ1n) is 37.8. The summed E-state index contributed by atoms with van der Waals surface area (Å²) in [7, 11) is -12.1. The van der Waals surface area contributed by atoms with Crippen molar-refractivity contribution in [2.75, 3.05) is 18.8 Å². The van der Waals surface area contributed by atoms with E-state index in [4.69, 9.17) is 0 Å². The Morgan fingerprint density at radius 3 is 0.955 bits per heavy atom. The summed E-state index contributed by atoms with van der Waals surface area (Å²) in [4.78, 5) is 95.2. The van der Waals surface area contributed by atoms with Crippen molar-refractivity contribution in [3.63, 3.8) is 0 Å². The molecule has 0 saturated carbocycles. The van der Waals surface area contributed by atoms with Crippen LogP contribution in [-0.4, -0.2) is 89.2 Å². The van der Waals surface area contributed by atoms with Crippen LogP contribution in [0.4, 0.5) is 85.0 Å². The molecule has 1 unspecified atom stereocenters. The highest BCUT2D eigenvalue weighted by Gasteiger charge is 2.37. The molecule has 0 aliphatic heterocycles. The lowest BCUT2D eigenvalue weighted by Gasteiger charge is -2.17. The minimum absolute atomic E-state index is 0.0947. The molecule has 12 rings (SSSR count). The zero-order chi connectivity index (χ0) is 98.8. The van der Waals surface area contributed by atoms with Gasteiger partial charge in [-0.05, 0) is 114 Å². The van der Waals surface area contributed by atoms with E-state index in [9.17, 15) is 150 Å². The molecule has 0 spiro atoms. The van der Waals surface area contributed by atoms with Gasteiger partial charge in [0.25, 0.3) is 45.5 Å². The summed E-state index contributed by atoms with van der Waals surface area (Å²) in [6.07, 6.45) is -11.8. The highest BCUT2D eigenvalue weighted by Crippen LogP contribution is 2.42. The molecule has 0 saturated heterocycles. The van der Waals surface area contributed by atoms with Gasteiger partial charge in [0.15, 0.2) is 17.3 Å². The van der Waals surface area contributed by atoms with E-state index in [1.54, 1.807) is 0 Å². The van der Waals surface area contributed by atoms with Gasteiger partial charge in [-0.15, -0.1) is 0 Å². The molecule has 1 atom stereocenters. The molecule has 0 aromatic heterocycles. The van der Waals surface area contributed by atoms with Gasteiger partial charge in [-0.1, -0.05) is 175 Å². The number of Topliss-reactive ketones (excluding diaryl/α,β-unsaturated/α-hetero) is 1. The number of hydrogen-bond acceptors (Lipinski definition) is 26. The number of ketones is 1. The molecule has 12 aromatic carbocycles. The maximum Gasteiger partial charge on any atom is 0.416 e. The summed E-state index contributed by atoms with van der Waals surface area (Å²) in [6.45, 7) is 4.00. The van der Waals surface area contributed by atoms with E-state index in [0.29, 0.717) is 11.8 Å². The number of carbonyl (C=O) groups excluding carboxylic acids is 1. The topological polar surface area (TPSA) is 492 Å². The fourth-order valence-corrected chi connectivity index (χ4v) is 13.9. The highest BCUT2D eigenvalue weighted by atomic mass is 32.2. The lowest BCUT2D eigenvalue weighted by molar-refractivity contribution is -0.395. The van der Waals surface area contributed by atoms with Gasteiger partial charge in [-0.3, -0.25) is 85.7 Å². The second kappa shape index (κ2) is 45.4. The lowest BCUT2D eigenvalue weighted by atomic mass is 9.85. The van der Waals surface area contributed by atoms with E-state index in [2.05, 4.69) is 43.7 Å². The van der Waals surface area contributed by atoms with Crippen molar-refractivity contribution in [2.45, 2.75) is 70.4 Å². The Kier molecular flexibility index (Phi) is 35.6. The summed E-state index contributed by atoms with van der Waals surface area (Å²) in [5, 5.41) is 88.2. The van der Waals surface area contributed by atoms with Gasteiger partial charge in [-0.25, -0.2) is 0 Å². The highest BCUT2D eigenvalue weighted by molar-refractivity contribution is 7.87. The summed E-state index contributed by atoms with van der Waals surface area (Å²) < 4.78 is 195. The predicted molar refractivity (Wildman–Crippen MR) is 463 cm³/mol. The van der Waals surface area contributed by atoms with Crippen LogP contribution in [0.25, 0.3) is 0 Å². The standard InChI is InChI=1S/C22H20O.3C14H9F3N2O4.C14H12N2O4.C9H12O9S3/c1-17-12-14-18(15-13-17)16-21(19-8-4-2-5-9-19)22(23)20-10-6-3-7-11-20;15-14(16,17)10-4-1-3-9(7-10)8-11-12(18(20)21)5-2-6-13(11)19(22)23;15-14(16,17)11-5-2-1-4-9(11)8-10-12(18(20)21)6-3-7-13(10)19(22)23;15-14(16,17)10-6-4-9(5-7-10)8-11-12(18(20)21)2-1-3-13(11)19(22)23;1-10-5-7-11(8-6-10)9-12-13(15(17)18)3-2-4-14(12)16(19)20;1-19(10,11)16-7-5-4-6-8(17-20(2,12)13)9(7)18-21(3,14)15/h2-15,21H,16H2,1H3;3*1-7H,8H2;2-8H,9H2,1H3;4-6H,1-3H3. The molecule has 0 aliphatic carbocycles. The van der Waals surface area contributed by atoms with Crippen molar-refractivity contribution in [3.8, 4) is 17.2 Å². The molecule has 0 amide bonds. The zero-order valence-corrected chi connectivity index (χ0v) is 71.9. The smallest absolute Gasteiger partial charge is 0.378 e. The molecule has 696 valence electrons. The van der Waals surface area contributed by atoms with E-state index in [1.165, 1.54) is 59.7 Å². The Balaban J connectivity index is 0.000000218. The van der Waals surface area contributed by atoms with Crippen molar-refractivity contribution >= 4 is 81.6 Å². The number of nitro groups is 8. The molecule has 0 heterocycles. The average Bonchev–Trinajstić information content (AvgIpc) is 0.868. The Bertz CT molecular complexity index is 6470. The SMILES string of the molecule is CS(=O)(=O)Oc1cccc(OS(C)(=O)=O)c1OS(C)(=O)=O.Cc1ccc(CC(C(=O)c2ccccc2)c2ccccc2)cc1.Cc1ccc(Cc2c([N+](=O)[O-])cccc2[N+](=O)[O-])cc1.O=[N+]([O-])c1cccc([N+](=O)[O-])c1Cc1ccc(C(F)(F)F)cc1.O=[N+]([O-])c1cccc([N+](=O)[O-])c1Cc1cccc(C(F)(F)F)c1.O=[N+]([O-])c1cccc([N+](=O)[O-])c1Cc1ccccc1C(F)(F)F. The Morgan fingerprint density at radius 1 is 0.316 bits per heavy atom. The molecule has 0 aliphatic rings. The molecular formula is C87H71F9N8O26S3. The fraction of sp³-hybridized carbons (Fsp3) is 0.161. The average molecular weight is 1910 g/mol. The van der Waals surface area contributed by atoms with Crippen LogP contribution in [0.3, 0.4) is 0 Å². The van der Waals surface area contributed by atoms with Crippen molar-refractivity contribution < 1.29 is 121 Å². The summed E-state index contributed by atoms with van der Waals surface area (Å²) in [6, 6.07) is 65.2. The Labute approximate surface area is 748 Å². The first-order valence-corrected chi connectivity index (χ1v) is 43.2. The minimum Gasteiger partial charge on any atom is -0.378 e. The first kappa shape index (κ1) is 104. The van der Waals surface area contributed by atoms with Crippen LogP contribution in [0, 0.1) is 94.8 Å². The van der Waals surface area contributed by atoms with Gasteiger partial charge < -0.3 is 12.5 Å². The number of alkyl halides is 9. The molecule has 0 fully saturated rings. The minimum atomic E-state index is -4.66. The maximum atomic E-state index is 13.0. The third-order valence-electron chi connectivity index (χ3n) is 18.4. The van der Waals surface area contributed by atoms with E-state index in [0.717, 1.165) is 156 Å². The number of carbonyl (C=O) groups is 1. The van der Waals surface area contributed by atoms with Crippen LogP contribution >= 0.6 is 0 Å². The monoisotopic (exact) mass is 1910 g/mol. The second-order valence-corrected chi connectivity index (χ2v) is 33.0. The van der Waals surface area contributed by atoms with Crippen molar-refractivity contribution in [1.82, 2.24) is 0 Å². The van der Waals surface area contributed by atoms with Gasteiger partial charge >= 0.3 is 48.9 Å². The lowest BCUT2D eigenvalue weighted by Crippen LogP contribution is -2.15. The van der Waals surface area contributed by atoms with Crippen molar-refractivity contribution in [3.05, 3.63) is 443 Å². The normalized spacial score (nSPS) is 11.4. The van der Waals surface area contributed by atoms with Crippen LogP contribution in [0.1, 0.15) is 99.7 Å². The maximum absolute atomic E-state index is 13.0. The number of benzene rings is 12. The quantitative estimate of drug-likeness (QED) is 0.0152. The number of nitrogens with zero attached hydrogens (tertiary/aromatic N) is 8. The Morgan fingerprint density at radius 2 is 0.617 bits per heavy atom. The van der Waals surface area contributed by atoms with Gasteiger partial charge in [0.1, 0.15) is 22.3 Å². The third-order valence-corrected chi connectivity index (χ3v) is 19.8. The van der Waals surface area contributed by atoms with E-state index >= 15 is 0 Å². The number of hydrogen-bond donors (Lipinski definition) is 0. The van der Waals surface area contributed by atoms with Crippen LogP contribution in [0.15, 0.2) is 273 Å². The van der Waals surface area contributed by atoms with E-state index in [1.807, 2.05) is 91.9 Å². The first-order chi connectivity index (χ1) is 62.1. The van der Waals surface area contributed by atoms with E-state index in [-0.39, 0.29) is 75.7 Å². The zero-order valence-electron chi connectivity index (χ0n) is 69.4. The molecule has 133 heavy (non-hydrogen) atoms. The molecule has 34 nitrogen and oxygen atoms in total. The van der Waals surface area contributed by atoms with Crippen LogP contribution in [0.2, 0.25) is 0 Å². The summed E-state index contributed by atoms with van der Waals surface area (Å²) in [5.74, 6) is -1.71. The largest absolute Gasteiger partial charge is 0.416 e. The van der Waals surface area contributed by atoms with Gasteiger partial charge in [0, 0.05) is 79.8 Å². The number of halogens is 9. The summed E-state index contributed by atoms with van der Waals surface area (Å²) in [5.41, 5.74) is -0.637. The number of rotatable bonds is 27. The second-order valence-electron chi connectivity index (χ2n) is 28.2. The van der Waals surface area contributed by atoms with Gasteiger partial charge in [-0.2, -0.15) is 64.8 Å². The number of para-hydroxylation sites is 1. The van der Waals surface area contributed by atoms with Crippen LogP contribution < -0.4 is 12.5 Å². The molecule has 0 radical (unpaired) electrons. The van der Waals surface area contributed by atoms with Gasteiger partial charge in [0.05, 0.1) is 80.8 Å². The number of aryl methyl sites for hydroxylation is 2. The summed E-state index contributed by atoms with van der Waals surface area (Å²) >= 11 is 0. The molecular weight excluding hydrogens is 1840 g/mol.